The lowest BCUT2D eigenvalue weighted by Gasteiger charge is -2.18. The van der Waals surface area contributed by atoms with Crippen LogP contribution in [0.4, 0.5) is 8.78 Å². The molecule has 14 heavy (non-hydrogen) atoms. The van der Waals surface area contributed by atoms with Gasteiger partial charge in [0.05, 0.1) is 6.54 Å². The molecule has 0 bridgehead atoms. The van der Waals surface area contributed by atoms with Gasteiger partial charge in [0.15, 0.2) is 0 Å². The SMILES string of the molecule is CNCC(F)(F)c1ccccc1SC. The van der Waals surface area contributed by atoms with Gasteiger partial charge in [-0.25, -0.2) is 0 Å². The van der Waals surface area contributed by atoms with Gasteiger partial charge in [0.2, 0.25) is 0 Å². The molecule has 0 amide bonds. The summed E-state index contributed by atoms with van der Waals surface area (Å²) in [5, 5.41) is 2.50. The minimum atomic E-state index is -2.80. The van der Waals surface area contributed by atoms with Crippen LogP contribution in [0, 0.1) is 0 Å². The van der Waals surface area contributed by atoms with Gasteiger partial charge in [-0.2, -0.15) is 8.78 Å². The average molecular weight is 217 g/mol. The zero-order valence-electron chi connectivity index (χ0n) is 8.18. The maximum Gasteiger partial charge on any atom is 0.286 e. The van der Waals surface area contributed by atoms with Gasteiger partial charge in [-0.05, 0) is 19.4 Å². The number of benzene rings is 1. The predicted octanol–water partition coefficient (Wildman–Crippen LogP) is 2.72. The first-order chi connectivity index (χ1) is 6.61. The predicted molar refractivity (Wildman–Crippen MR) is 56.0 cm³/mol. The smallest absolute Gasteiger partial charge is 0.286 e. The summed E-state index contributed by atoms with van der Waals surface area (Å²) in [6, 6.07) is 6.59. The van der Waals surface area contributed by atoms with Crippen LogP contribution in [0.1, 0.15) is 5.56 Å². The average Bonchev–Trinajstić information content (AvgIpc) is 2.18. The third kappa shape index (κ3) is 2.45. The summed E-state index contributed by atoms with van der Waals surface area (Å²) >= 11 is 1.34. The Morgan fingerprint density at radius 1 is 1.36 bits per heavy atom. The van der Waals surface area contributed by atoms with Gasteiger partial charge < -0.3 is 5.32 Å². The number of halogens is 2. The highest BCUT2D eigenvalue weighted by molar-refractivity contribution is 7.98. The summed E-state index contributed by atoms with van der Waals surface area (Å²) in [5.74, 6) is -2.80. The van der Waals surface area contributed by atoms with Crippen LogP contribution in [0.2, 0.25) is 0 Å². The van der Waals surface area contributed by atoms with E-state index < -0.39 is 5.92 Å². The van der Waals surface area contributed by atoms with Crippen LogP contribution in [0.15, 0.2) is 29.2 Å². The first kappa shape index (κ1) is 11.5. The van der Waals surface area contributed by atoms with Crippen molar-refractivity contribution in [2.75, 3.05) is 19.8 Å². The Balaban J connectivity index is 3.04. The Bertz CT molecular complexity index is 302. The van der Waals surface area contributed by atoms with Crippen LogP contribution < -0.4 is 5.32 Å². The molecule has 1 aromatic rings. The van der Waals surface area contributed by atoms with Crippen LogP contribution in [0.3, 0.4) is 0 Å². The fourth-order valence-electron chi connectivity index (χ4n) is 1.26. The van der Waals surface area contributed by atoms with Crippen LogP contribution in [0.25, 0.3) is 0 Å². The molecule has 0 radical (unpaired) electrons. The fourth-order valence-corrected chi connectivity index (χ4v) is 1.92. The number of thioether (sulfide) groups is 1. The number of nitrogens with one attached hydrogen (secondary N) is 1. The van der Waals surface area contributed by atoms with Crippen LogP contribution in [-0.2, 0) is 5.92 Å². The lowest BCUT2D eigenvalue weighted by molar-refractivity contribution is -0.00392. The van der Waals surface area contributed by atoms with Crippen molar-refractivity contribution >= 4 is 11.8 Å². The van der Waals surface area contributed by atoms with Crippen molar-refractivity contribution in [3.8, 4) is 0 Å². The van der Waals surface area contributed by atoms with Gasteiger partial charge >= 0.3 is 0 Å². The summed E-state index contributed by atoms with van der Waals surface area (Å²) < 4.78 is 27.1. The zero-order chi connectivity index (χ0) is 10.6. The molecule has 4 heteroatoms. The van der Waals surface area contributed by atoms with Gasteiger partial charge in [0.1, 0.15) is 0 Å². The molecule has 0 unspecified atom stereocenters. The van der Waals surface area contributed by atoms with E-state index in [4.69, 9.17) is 0 Å². The monoisotopic (exact) mass is 217 g/mol. The number of hydrogen-bond donors (Lipinski definition) is 1. The largest absolute Gasteiger partial charge is 0.314 e. The van der Waals surface area contributed by atoms with Crippen molar-refractivity contribution in [3.63, 3.8) is 0 Å². The molecule has 0 aliphatic carbocycles. The second-order valence-corrected chi connectivity index (χ2v) is 3.78. The van der Waals surface area contributed by atoms with Crippen molar-refractivity contribution in [2.24, 2.45) is 0 Å². The maximum absolute atomic E-state index is 13.5. The second kappa shape index (κ2) is 4.75. The molecule has 0 fully saturated rings. The van der Waals surface area contributed by atoms with E-state index in [-0.39, 0.29) is 12.1 Å². The molecule has 0 saturated carbocycles. The lowest BCUT2D eigenvalue weighted by Crippen LogP contribution is -2.28. The van der Waals surface area contributed by atoms with Crippen molar-refractivity contribution in [1.29, 1.82) is 0 Å². The third-order valence-electron chi connectivity index (χ3n) is 1.90. The quantitative estimate of drug-likeness (QED) is 0.778. The molecule has 0 heterocycles. The third-order valence-corrected chi connectivity index (χ3v) is 2.70. The molecule has 1 nitrogen and oxygen atoms in total. The van der Waals surface area contributed by atoms with E-state index in [1.807, 2.05) is 0 Å². The number of rotatable bonds is 4. The highest BCUT2D eigenvalue weighted by atomic mass is 32.2. The number of hydrogen-bond acceptors (Lipinski definition) is 2. The van der Waals surface area contributed by atoms with Crippen molar-refractivity contribution in [3.05, 3.63) is 29.8 Å². The Labute approximate surface area is 86.9 Å². The van der Waals surface area contributed by atoms with E-state index in [0.717, 1.165) is 0 Å². The van der Waals surface area contributed by atoms with Crippen molar-refractivity contribution < 1.29 is 8.78 Å². The first-order valence-electron chi connectivity index (χ1n) is 4.27. The minimum absolute atomic E-state index is 0.0989. The standard InChI is InChI=1S/C10H13F2NS/c1-13-7-10(11,12)8-5-3-4-6-9(8)14-2/h3-6,13H,7H2,1-2H3. The Hall–Kier alpha value is -0.610. The van der Waals surface area contributed by atoms with E-state index in [9.17, 15) is 8.78 Å². The van der Waals surface area contributed by atoms with E-state index in [2.05, 4.69) is 5.32 Å². The molecule has 0 aliphatic heterocycles. The van der Waals surface area contributed by atoms with Gasteiger partial charge in [-0.3, -0.25) is 0 Å². The van der Waals surface area contributed by atoms with Gasteiger partial charge in [-0.15, -0.1) is 11.8 Å². The molecule has 0 aliphatic rings. The molecule has 0 saturated heterocycles. The second-order valence-electron chi connectivity index (χ2n) is 2.94. The summed E-state index contributed by atoms with van der Waals surface area (Å²) in [5.41, 5.74) is 0.0989. The molecule has 1 aromatic carbocycles. The minimum Gasteiger partial charge on any atom is -0.314 e. The van der Waals surface area contributed by atoms with Crippen LogP contribution >= 0.6 is 11.8 Å². The van der Waals surface area contributed by atoms with E-state index in [0.29, 0.717) is 4.90 Å². The van der Waals surface area contributed by atoms with Gasteiger partial charge in [0, 0.05) is 10.5 Å². The summed E-state index contributed by atoms with van der Waals surface area (Å²) in [6.07, 6.45) is 1.80. The van der Waals surface area contributed by atoms with E-state index in [1.54, 1.807) is 24.5 Å². The normalized spacial score (nSPS) is 11.7. The topological polar surface area (TPSA) is 12.0 Å². The first-order valence-corrected chi connectivity index (χ1v) is 5.50. The Morgan fingerprint density at radius 2 is 2.00 bits per heavy atom. The fraction of sp³-hybridized carbons (Fsp3) is 0.400. The van der Waals surface area contributed by atoms with Gasteiger partial charge in [-0.1, -0.05) is 18.2 Å². The molecular formula is C10H13F2NS. The molecular weight excluding hydrogens is 204 g/mol. The zero-order valence-corrected chi connectivity index (χ0v) is 9.00. The number of alkyl halides is 2. The number of likely N-dealkylation sites (N-methyl/N-ethyl adjacent to an activating group) is 1. The molecule has 78 valence electrons. The van der Waals surface area contributed by atoms with Gasteiger partial charge in [0.25, 0.3) is 5.92 Å². The summed E-state index contributed by atoms with van der Waals surface area (Å²) in [7, 11) is 1.52. The van der Waals surface area contributed by atoms with E-state index in [1.165, 1.54) is 24.9 Å². The highest BCUT2D eigenvalue weighted by Crippen LogP contribution is 2.33. The summed E-state index contributed by atoms with van der Waals surface area (Å²) in [6.45, 7) is -0.329. The van der Waals surface area contributed by atoms with Crippen LogP contribution in [-0.4, -0.2) is 19.8 Å². The highest BCUT2D eigenvalue weighted by Gasteiger charge is 2.32. The Morgan fingerprint density at radius 3 is 2.57 bits per heavy atom. The maximum atomic E-state index is 13.5. The molecule has 1 N–H and O–H groups in total. The van der Waals surface area contributed by atoms with Crippen molar-refractivity contribution in [1.82, 2.24) is 5.32 Å². The molecule has 0 aromatic heterocycles. The van der Waals surface area contributed by atoms with E-state index >= 15 is 0 Å². The van der Waals surface area contributed by atoms with Crippen molar-refractivity contribution in [2.45, 2.75) is 10.8 Å². The lowest BCUT2D eigenvalue weighted by atomic mass is 10.1. The summed E-state index contributed by atoms with van der Waals surface area (Å²) in [4.78, 5) is 0.632. The molecule has 1 rings (SSSR count). The Kier molecular flexibility index (Phi) is 3.89. The molecule has 0 spiro atoms. The molecule has 0 atom stereocenters. The van der Waals surface area contributed by atoms with Crippen LogP contribution in [0.5, 0.6) is 0 Å².